The van der Waals surface area contributed by atoms with Crippen LogP contribution in [-0.2, 0) is 14.3 Å². The van der Waals surface area contributed by atoms with Crippen molar-refractivity contribution in [3.05, 3.63) is 11.6 Å². The molecule has 2 amide bonds. The van der Waals surface area contributed by atoms with Crippen molar-refractivity contribution >= 4 is 35.4 Å². The van der Waals surface area contributed by atoms with Crippen molar-refractivity contribution in [2.45, 2.75) is 38.5 Å². The predicted molar refractivity (Wildman–Crippen MR) is 111 cm³/mol. The first-order valence-corrected chi connectivity index (χ1v) is 10.8. The lowest BCUT2D eigenvalue weighted by Gasteiger charge is -2.31. The lowest BCUT2D eigenvalue weighted by Crippen LogP contribution is -3.14. The first kappa shape index (κ1) is 21.1. The van der Waals surface area contributed by atoms with Crippen molar-refractivity contribution in [2.24, 2.45) is 10.9 Å². The first-order valence-electron chi connectivity index (χ1n) is 10.4. The Morgan fingerprint density at radius 1 is 1.32 bits per heavy atom. The molecular weight excluding hydrogens is 376 g/mol. The van der Waals surface area contributed by atoms with E-state index in [2.05, 4.69) is 16.4 Å². The molecule has 2 heterocycles. The molecule has 0 unspecified atom stereocenters. The van der Waals surface area contributed by atoms with Gasteiger partial charge in [-0.3, -0.25) is 19.5 Å². The maximum absolute atomic E-state index is 12.8. The summed E-state index contributed by atoms with van der Waals surface area (Å²) in [7, 11) is 0. The third-order valence-electron chi connectivity index (χ3n) is 5.60. The molecule has 154 valence electrons. The molecule has 7 nitrogen and oxygen atoms in total. The molecule has 0 bridgehead atoms. The molecule has 2 aliphatic heterocycles. The van der Waals surface area contributed by atoms with Crippen molar-refractivity contribution < 1.29 is 19.2 Å². The molecule has 0 spiro atoms. The summed E-state index contributed by atoms with van der Waals surface area (Å²) < 4.78 is 5.36. The van der Waals surface area contributed by atoms with Gasteiger partial charge in [0.25, 0.3) is 0 Å². The Bertz CT molecular complexity index is 643. The number of ether oxygens (including phenoxy) is 1. The SMILES string of the molecule is O=C1NC(=S)N(CCC2=CCCCC2)C(=O)[C@H]1C=NCCC[NH+]1CCOCC1. The molecule has 2 fully saturated rings. The number of quaternary nitrogens is 1. The molecule has 0 aromatic heterocycles. The van der Waals surface area contributed by atoms with Gasteiger partial charge in [-0.2, -0.15) is 0 Å². The van der Waals surface area contributed by atoms with Gasteiger partial charge in [-0.1, -0.05) is 11.6 Å². The average molecular weight is 408 g/mol. The van der Waals surface area contributed by atoms with Crippen LogP contribution in [0.3, 0.4) is 0 Å². The highest BCUT2D eigenvalue weighted by molar-refractivity contribution is 7.80. The number of thiocarbonyl (C=S) groups is 1. The highest BCUT2D eigenvalue weighted by Crippen LogP contribution is 2.21. The number of nitrogens with one attached hydrogen (secondary N) is 2. The van der Waals surface area contributed by atoms with E-state index in [1.165, 1.54) is 34.4 Å². The zero-order valence-electron chi connectivity index (χ0n) is 16.5. The predicted octanol–water partition coefficient (Wildman–Crippen LogP) is 0.112. The third-order valence-corrected chi connectivity index (χ3v) is 5.93. The van der Waals surface area contributed by atoms with Crippen LogP contribution in [0.1, 0.15) is 38.5 Å². The van der Waals surface area contributed by atoms with Gasteiger partial charge in [-0.05, 0) is 44.3 Å². The molecule has 0 aromatic rings. The minimum Gasteiger partial charge on any atom is -0.370 e. The van der Waals surface area contributed by atoms with E-state index in [9.17, 15) is 9.59 Å². The summed E-state index contributed by atoms with van der Waals surface area (Å²) in [5.74, 6) is -1.50. The van der Waals surface area contributed by atoms with Crippen LogP contribution in [0.2, 0.25) is 0 Å². The third kappa shape index (κ3) is 5.93. The molecule has 2 saturated heterocycles. The van der Waals surface area contributed by atoms with Gasteiger partial charge >= 0.3 is 0 Å². The van der Waals surface area contributed by atoms with Crippen molar-refractivity contribution in [3.8, 4) is 0 Å². The smallest absolute Gasteiger partial charge is 0.246 e. The van der Waals surface area contributed by atoms with Crippen LogP contribution in [0.5, 0.6) is 0 Å². The maximum Gasteiger partial charge on any atom is 0.246 e. The summed E-state index contributed by atoms with van der Waals surface area (Å²) in [4.78, 5) is 32.4. The summed E-state index contributed by atoms with van der Waals surface area (Å²) in [6.07, 6.45) is 10.2. The van der Waals surface area contributed by atoms with Gasteiger partial charge in [0.1, 0.15) is 13.1 Å². The first-order chi connectivity index (χ1) is 13.6. The van der Waals surface area contributed by atoms with Crippen molar-refractivity contribution in [1.82, 2.24) is 10.2 Å². The monoisotopic (exact) mass is 407 g/mol. The number of carbonyl (C=O) groups is 2. The summed E-state index contributed by atoms with van der Waals surface area (Å²) in [5.41, 5.74) is 1.38. The Morgan fingerprint density at radius 2 is 2.14 bits per heavy atom. The molecule has 1 atom stereocenters. The lowest BCUT2D eigenvalue weighted by molar-refractivity contribution is -0.908. The van der Waals surface area contributed by atoms with Crippen LogP contribution in [0.15, 0.2) is 16.6 Å². The number of rotatable bonds is 8. The van der Waals surface area contributed by atoms with Crippen LogP contribution in [0.4, 0.5) is 0 Å². The maximum atomic E-state index is 12.8. The van der Waals surface area contributed by atoms with Crippen LogP contribution in [-0.4, -0.2) is 74.0 Å². The summed E-state index contributed by atoms with van der Waals surface area (Å²) in [6.45, 7) is 5.90. The number of morpholine rings is 1. The zero-order chi connectivity index (χ0) is 19.8. The molecule has 0 aromatic carbocycles. The van der Waals surface area contributed by atoms with Crippen molar-refractivity contribution in [1.29, 1.82) is 0 Å². The second-order valence-corrected chi connectivity index (χ2v) is 8.03. The molecule has 3 rings (SSSR count). The van der Waals surface area contributed by atoms with Gasteiger partial charge in [0, 0.05) is 25.7 Å². The van der Waals surface area contributed by atoms with Crippen molar-refractivity contribution in [3.63, 3.8) is 0 Å². The number of carbonyl (C=O) groups excluding carboxylic acids is 2. The lowest BCUT2D eigenvalue weighted by atomic mass is 9.97. The fourth-order valence-corrected chi connectivity index (χ4v) is 4.15. The van der Waals surface area contributed by atoms with Crippen LogP contribution in [0.25, 0.3) is 0 Å². The molecule has 0 saturated carbocycles. The Labute approximate surface area is 172 Å². The standard InChI is InChI=1S/C20H30N4O3S/c25-18-17(15-21-8-4-9-23-11-13-27-14-12-23)19(26)24(20(28)22-18)10-7-16-5-2-1-3-6-16/h5,15,17H,1-4,6-14H2,(H,22,25,28)/p+1/t17-/m0/s1. The van der Waals surface area contributed by atoms with Gasteiger partial charge < -0.3 is 15.0 Å². The van der Waals surface area contributed by atoms with E-state index in [1.807, 2.05) is 0 Å². The van der Waals surface area contributed by atoms with Crippen molar-refractivity contribution in [2.75, 3.05) is 45.9 Å². The number of hydrogen-bond donors (Lipinski definition) is 2. The van der Waals surface area contributed by atoms with Gasteiger partial charge in [0.15, 0.2) is 11.0 Å². The van der Waals surface area contributed by atoms with Crippen LogP contribution in [0, 0.1) is 5.92 Å². The molecule has 2 N–H and O–H groups in total. The molecule has 0 radical (unpaired) electrons. The molecule has 28 heavy (non-hydrogen) atoms. The van der Waals surface area contributed by atoms with E-state index in [1.54, 1.807) is 0 Å². The Kier molecular flexibility index (Phi) is 8.12. The second-order valence-electron chi connectivity index (χ2n) is 7.64. The fraction of sp³-hybridized carbons (Fsp3) is 0.700. The highest BCUT2D eigenvalue weighted by Gasteiger charge is 2.37. The highest BCUT2D eigenvalue weighted by atomic mass is 32.1. The second kappa shape index (κ2) is 10.8. The van der Waals surface area contributed by atoms with Gasteiger partial charge in [0.2, 0.25) is 11.8 Å². The minimum atomic E-state index is -0.872. The average Bonchev–Trinajstić information content (AvgIpc) is 2.71. The quantitative estimate of drug-likeness (QED) is 0.197. The van der Waals surface area contributed by atoms with E-state index in [0.717, 1.165) is 58.5 Å². The summed E-state index contributed by atoms with van der Waals surface area (Å²) in [5, 5.41) is 2.87. The van der Waals surface area contributed by atoms with Gasteiger partial charge in [0.05, 0.1) is 19.8 Å². The van der Waals surface area contributed by atoms with Gasteiger partial charge in [-0.15, -0.1) is 0 Å². The number of nitrogens with zero attached hydrogens (tertiary/aromatic N) is 2. The van der Waals surface area contributed by atoms with Crippen LogP contribution < -0.4 is 10.2 Å². The number of allylic oxidation sites excluding steroid dienone is 1. The van der Waals surface area contributed by atoms with E-state index < -0.39 is 5.92 Å². The van der Waals surface area contributed by atoms with E-state index in [4.69, 9.17) is 17.0 Å². The Balaban J connectivity index is 1.47. The largest absolute Gasteiger partial charge is 0.370 e. The zero-order valence-corrected chi connectivity index (χ0v) is 17.3. The Morgan fingerprint density at radius 3 is 2.89 bits per heavy atom. The Hall–Kier alpha value is -1.64. The number of amides is 2. The van der Waals surface area contributed by atoms with E-state index in [0.29, 0.717) is 13.1 Å². The minimum absolute atomic E-state index is 0.215. The topological polar surface area (TPSA) is 75.4 Å². The number of hydrogen-bond acceptors (Lipinski definition) is 5. The molecule has 8 heteroatoms. The molecular formula is C20H31N4O3S+. The van der Waals surface area contributed by atoms with E-state index >= 15 is 0 Å². The van der Waals surface area contributed by atoms with E-state index in [-0.39, 0.29) is 16.9 Å². The summed E-state index contributed by atoms with van der Waals surface area (Å²) in [6, 6.07) is 0. The number of aliphatic imine (C=N–C) groups is 1. The van der Waals surface area contributed by atoms with Gasteiger partial charge in [-0.25, -0.2) is 0 Å². The molecule has 3 aliphatic rings. The van der Waals surface area contributed by atoms with Crippen LogP contribution >= 0.6 is 12.2 Å². The molecule has 1 aliphatic carbocycles. The fourth-order valence-electron chi connectivity index (χ4n) is 3.87. The summed E-state index contributed by atoms with van der Waals surface area (Å²) >= 11 is 5.22. The normalized spacial score (nSPS) is 24.6.